The SMILES string of the molecule is N[C@H]1CCc2c(F)cc(F)cc2C1. The van der Waals surface area contributed by atoms with Crippen LogP contribution in [0.25, 0.3) is 0 Å². The van der Waals surface area contributed by atoms with Gasteiger partial charge in [-0.1, -0.05) is 0 Å². The summed E-state index contributed by atoms with van der Waals surface area (Å²) in [5.74, 6) is -0.938. The summed E-state index contributed by atoms with van der Waals surface area (Å²) in [6.07, 6.45) is 2.00. The Morgan fingerprint density at radius 1 is 1.31 bits per heavy atom. The molecular formula is C10H11F2N. The lowest BCUT2D eigenvalue weighted by atomic mass is 9.88. The van der Waals surface area contributed by atoms with E-state index in [9.17, 15) is 8.78 Å². The van der Waals surface area contributed by atoms with Gasteiger partial charge in [0.15, 0.2) is 0 Å². The van der Waals surface area contributed by atoms with Crippen LogP contribution in [0.4, 0.5) is 8.78 Å². The summed E-state index contributed by atoms with van der Waals surface area (Å²) in [6, 6.07) is 2.38. The molecule has 2 N–H and O–H groups in total. The van der Waals surface area contributed by atoms with E-state index in [0.717, 1.165) is 18.1 Å². The molecule has 0 saturated heterocycles. The van der Waals surface area contributed by atoms with Gasteiger partial charge < -0.3 is 5.73 Å². The van der Waals surface area contributed by atoms with Gasteiger partial charge in [0, 0.05) is 12.1 Å². The van der Waals surface area contributed by atoms with Crippen LogP contribution in [-0.4, -0.2) is 6.04 Å². The molecule has 0 aliphatic heterocycles. The van der Waals surface area contributed by atoms with Gasteiger partial charge in [-0.15, -0.1) is 0 Å². The summed E-state index contributed by atoms with van der Waals surface area (Å²) >= 11 is 0. The highest BCUT2D eigenvalue weighted by Gasteiger charge is 2.19. The summed E-state index contributed by atoms with van der Waals surface area (Å²) < 4.78 is 26.0. The van der Waals surface area contributed by atoms with Crippen molar-refractivity contribution in [3.05, 3.63) is 34.9 Å². The maximum absolute atomic E-state index is 13.2. The summed E-state index contributed by atoms with van der Waals surface area (Å²) in [6.45, 7) is 0. The van der Waals surface area contributed by atoms with Crippen LogP contribution >= 0.6 is 0 Å². The van der Waals surface area contributed by atoms with Crippen LogP contribution in [-0.2, 0) is 12.8 Å². The minimum atomic E-state index is -0.509. The Balaban J connectivity index is 2.47. The van der Waals surface area contributed by atoms with Crippen LogP contribution in [0.5, 0.6) is 0 Å². The van der Waals surface area contributed by atoms with Gasteiger partial charge in [-0.2, -0.15) is 0 Å². The lowest BCUT2D eigenvalue weighted by molar-refractivity contribution is 0.520. The van der Waals surface area contributed by atoms with Crippen molar-refractivity contribution in [1.29, 1.82) is 0 Å². The van der Waals surface area contributed by atoms with Gasteiger partial charge in [0.25, 0.3) is 0 Å². The van der Waals surface area contributed by atoms with Crippen LogP contribution in [0.3, 0.4) is 0 Å². The van der Waals surface area contributed by atoms with E-state index in [1.54, 1.807) is 0 Å². The third-order valence-corrected chi connectivity index (χ3v) is 2.50. The van der Waals surface area contributed by atoms with Crippen molar-refractivity contribution >= 4 is 0 Å². The Labute approximate surface area is 75.6 Å². The van der Waals surface area contributed by atoms with Crippen LogP contribution in [0.15, 0.2) is 12.1 Å². The van der Waals surface area contributed by atoms with E-state index in [0.29, 0.717) is 18.4 Å². The molecule has 2 rings (SSSR count). The molecule has 1 aliphatic rings. The van der Waals surface area contributed by atoms with Crippen LogP contribution in [0.1, 0.15) is 17.5 Å². The molecule has 0 spiro atoms. The van der Waals surface area contributed by atoms with Gasteiger partial charge in [-0.3, -0.25) is 0 Å². The molecule has 0 aromatic heterocycles. The zero-order valence-corrected chi connectivity index (χ0v) is 7.19. The number of halogens is 2. The van der Waals surface area contributed by atoms with E-state index in [1.165, 1.54) is 6.07 Å². The molecule has 0 bridgehead atoms. The third-order valence-electron chi connectivity index (χ3n) is 2.50. The molecule has 0 radical (unpaired) electrons. The van der Waals surface area contributed by atoms with E-state index in [-0.39, 0.29) is 6.04 Å². The molecule has 0 heterocycles. The van der Waals surface area contributed by atoms with Crippen molar-refractivity contribution in [2.45, 2.75) is 25.3 Å². The normalized spacial score (nSPS) is 21.3. The Morgan fingerprint density at radius 3 is 2.85 bits per heavy atom. The maximum atomic E-state index is 13.2. The van der Waals surface area contributed by atoms with Crippen molar-refractivity contribution in [3.8, 4) is 0 Å². The van der Waals surface area contributed by atoms with Gasteiger partial charge in [0.1, 0.15) is 11.6 Å². The van der Waals surface area contributed by atoms with Gasteiger partial charge >= 0.3 is 0 Å². The zero-order chi connectivity index (χ0) is 9.42. The highest BCUT2D eigenvalue weighted by Crippen LogP contribution is 2.24. The van der Waals surface area contributed by atoms with Crippen molar-refractivity contribution < 1.29 is 8.78 Å². The van der Waals surface area contributed by atoms with Crippen molar-refractivity contribution in [1.82, 2.24) is 0 Å². The fraction of sp³-hybridized carbons (Fsp3) is 0.400. The molecule has 13 heavy (non-hydrogen) atoms. The van der Waals surface area contributed by atoms with Crippen molar-refractivity contribution in [3.63, 3.8) is 0 Å². The first-order chi connectivity index (χ1) is 6.16. The second-order valence-electron chi connectivity index (χ2n) is 3.53. The molecule has 0 fully saturated rings. The summed E-state index contributed by atoms with van der Waals surface area (Å²) in [7, 11) is 0. The quantitative estimate of drug-likeness (QED) is 0.652. The van der Waals surface area contributed by atoms with Gasteiger partial charge in [0.2, 0.25) is 0 Å². The van der Waals surface area contributed by atoms with Crippen LogP contribution < -0.4 is 5.73 Å². The average molecular weight is 183 g/mol. The largest absolute Gasteiger partial charge is 0.327 e. The van der Waals surface area contributed by atoms with E-state index in [1.807, 2.05) is 0 Å². The second kappa shape index (κ2) is 3.07. The number of hydrogen-bond acceptors (Lipinski definition) is 1. The van der Waals surface area contributed by atoms with E-state index in [2.05, 4.69) is 0 Å². The molecule has 1 aromatic rings. The van der Waals surface area contributed by atoms with Crippen molar-refractivity contribution in [2.24, 2.45) is 5.73 Å². The zero-order valence-electron chi connectivity index (χ0n) is 7.19. The monoisotopic (exact) mass is 183 g/mol. The topological polar surface area (TPSA) is 26.0 Å². The molecule has 3 heteroatoms. The van der Waals surface area contributed by atoms with Gasteiger partial charge in [-0.25, -0.2) is 8.78 Å². The van der Waals surface area contributed by atoms with E-state index in [4.69, 9.17) is 5.73 Å². The average Bonchev–Trinajstić information content (AvgIpc) is 2.02. The van der Waals surface area contributed by atoms with Gasteiger partial charge in [-0.05, 0) is 36.5 Å². The number of nitrogens with two attached hydrogens (primary N) is 1. The number of rotatable bonds is 0. The first kappa shape index (κ1) is 8.63. The molecule has 70 valence electrons. The fourth-order valence-corrected chi connectivity index (χ4v) is 1.83. The van der Waals surface area contributed by atoms with Gasteiger partial charge in [0.05, 0.1) is 0 Å². The Morgan fingerprint density at radius 2 is 2.08 bits per heavy atom. The lowest BCUT2D eigenvalue weighted by Crippen LogP contribution is -2.28. The number of benzene rings is 1. The molecule has 0 amide bonds. The highest BCUT2D eigenvalue weighted by atomic mass is 19.1. The summed E-state index contributed by atoms with van der Waals surface area (Å²) in [4.78, 5) is 0. The van der Waals surface area contributed by atoms with E-state index >= 15 is 0 Å². The fourth-order valence-electron chi connectivity index (χ4n) is 1.83. The molecular weight excluding hydrogens is 172 g/mol. The minimum absolute atomic E-state index is 0.0497. The number of hydrogen-bond donors (Lipinski definition) is 1. The molecule has 0 saturated carbocycles. The summed E-state index contributed by atoms with van der Waals surface area (Å²) in [5, 5.41) is 0. The first-order valence-electron chi connectivity index (χ1n) is 4.39. The third kappa shape index (κ3) is 1.56. The lowest BCUT2D eigenvalue weighted by Gasteiger charge is -2.21. The van der Waals surface area contributed by atoms with E-state index < -0.39 is 11.6 Å². The highest BCUT2D eigenvalue weighted by molar-refractivity contribution is 5.32. The van der Waals surface area contributed by atoms with Crippen molar-refractivity contribution in [2.75, 3.05) is 0 Å². The molecule has 1 atom stereocenters. The minimum Gasteiger partial charge on any atom is -0.327 e. The molecule has 1 aliphatic carbocycles. The Bertz CT molecular complexity index is 336. The first-order valence-corrected chi connectivity index (χ1v) is 4.39. The standard InChI is InChI=1S/C10H11F2N/c11-7-3-6-4-8(13)1-2-9(6)10(12)5-7/h3,5,8H,1-2,4,13H2/t8-/m0/s1. The summed E-state index contributed by atoms with van der Waals surface area (Å²) in [5.41, 5.74) is 7.08. The predicted molar refractivity (Wildman–Crippen MR) is 46.4 cm³/mol. The second-order valence-corrected chi connectivity index (χ2v) is 3.53. The molecule has 1 nitrogen and oxygen atoms in total. The number of fused-ring (bicyclic) bond motifs is 1. The Hall–Kier alpha value is -0.960. The Kier molecular flexibility index (Phi) is 2.04. The van der Waals surface area contributed by atoms with Crippen LogP contribution in [0, 0.1) is 11.6 Å². The maximum Gasteiger partial charge on any atom is 0.129 e. The molecule has 1 aromatic carbocycles. The van der Waals surface area contributed by atoms with Crippen LogP contribution in [0.2, 0.25) is 0 Å². The predicted octanol–water partition coefficient (Wildman–Crippen LogP) is 1.78. The smallest absolute Gasteiger partial charge is 0.129 e. The molecule has 0 unspecified atom stereocenters.